The lowest BCUT2D eigenvalue weighted by Gasteiger charge is -1.92. The van der Waals surface area contributed by atoms with Crippen molar-refractivity contribution in [1.82, 2.24) is 0 Å². The summed E-state index contributed by atoms with van der Waals surface area (Å²) in [5.74, 6) is -0.311. The van der Waals surface area contributed by atoms with Crippen LogP contribution in [0.4, 0.5) is 0 Å². The Morgan fingerprint density at radius 2 is 1.43 bits per heavy atom. The van der Waals surface area contributed by atoms with E-state index in [2.05, 4.69) is 31.2 Å². The summed E-state index contributed by atoms with van der Waals surface area (Å²) in [4.78, 5) is 10.3. The van der Waals surface area contributed by atoms with E-state index in [9.17, 15) is 9.90 Å². The highest BCUT2D eigenvalue weighted by Crippen LogP contribution is 2.02. The summed E-state index contributed by atoms with van der Waals surface area (Å²) in [6.45, 7) is 2.07. The van der Waals surface area contributed by atoms with Crippen LogP contribution >= 0.6 is 0 Å². The summed E-state index contributed by atoms with van der Waals surface area (Å²) in [6, 6.07) is 0. The quantitative estimate of drug-likeness (QED) is 0.253. The normalized spacial score (nSPS) is 13.2. The van der Waals surface area contributed by atoms with Crippen LogP contribution in [0.5, 0.6) is 0 Å². The fraction of sp³-hybridized carbons (Fsp3) is 0.450. The van der Waals surface area contributed by atoms with Gasteiger partial charge in [-0.25, -0.2) is 0 Å². The van der Waals surface area contributed by atoms with Crippen molar-refractivity contribution in [1.29, 1.82) is 0 Å². The molecule has 0 aliphatic carbocycles. The third-order valence-corrected chi connectivity index (χ3v) is 3.02. The Balaban J connectivity index is 3.62. The SMILES string of the molecule is CC/C=C\C/C(O)=C\C/C=C\C/C=C\C/C=C\CCCC(=O)O. The first-order chi connectivity index (χ1) is 11.2. The predicted octanol–water partition coefficient (Wildman–Crippen LogP) is 5.88. The first kappa shape index (κ1) is 21.0. The fourth-order valence-corrected chi connectivity index (χ4v) is 1.79. The van der Waals surface area contributed by atoms with Gasteiger partial charge >= 0.3 is 5.97 Å². The molecule has 2 N–H and O–H groups in total. The third-order valence-electron chi connectivity index (χ3n) is 3.02. The minimum Gasteiger partial charge on any atom is -0.512 e. The molecule has 0 rings (SSSR count). The lowest BCUT2D eigenvalue weighted by Crippen LogP contribution is -1.92. The van der Waals surface area contributed by atoms with Crippen LogP contribution in [0, 0.1) is 0 Å². The Morgan fingerprint density at radius 3 is 2.04 bits per heavy atom. The molecule has 0 bridgehead atoms. The number of aliphatic hydroxyl groups is 1. The summed E-state index contributed by atoms with van der Waals surface area (Å²) < 4.78 is 0. The van der Waals surface area contributed by atoms with Crippen LogP contribution in [0.25, 0.3) is 0 Å². The molecular weight excluding hydrogens is 288 g/mol. The number of unbranched alkanes of at least 4 members (excludes halogenated alkanes) is 1. The molecule has 23 heavy (non-hydrogen) atoms. The molecule has 0 atom stereocenters. The molecule has 0 aromatic carbocycles. The summed E-state index contributed by atoms with van der Waals surface area (Å²) in [5.41, 5.74) is 0. The molecule has 0 aromatic rings. The molecule has 3 nitrogen and oxygen atoms in total. The van der Waals surface area contributed by atoms with E-state index in [0.717, 1.165) is 32.1 Å². The standard InChI is InChI=1S/C20H30O3/c1-2-3-13-16-19(21)17-14-11-9-7-5-4-6-8-10-12-15-18-20(22)23/h3-5,8-11,13,17,21H,2,6-7,12,14-16,18H2,1H3,(H,22,23)/b5-4-,10-8-,11-9-,13-3-,19-17+. The molecule has 0 heterocycles. The van der Waals surface area contributed by atoms with E-state index < -0.39 is 5.97 Å². The fourth-order valence-electron chi connectivity index (χ4n) is 1.79. The summed E-state index contributed by atoms with van der Waals surface area (Å²) in [6.07, 6.45) is 24.2. The van der Waals surface area contributed by atoms with Crippen LogP contribution in [0.3, 0.4) is 0 Å². The van der Waals surface area contributed by atoms with E-state index in [4.69, 9.17) is 5.11 Å². The average molecular weight is 318 g/mol. The van der Waals surface area contributed by atoms with E-state index >= 15 is 0 Å². The number of allylic oxidation sites excluding steroid dienone is 9. The van der Waals surface area contributed by atoms with Crippen molar-refractivity contribution < 1.29 is 15.0 Å². The van der Waals surface area contributed by atoms with Crippen LogP contribution in [0.15, 0.2) is 60.4 Å². The van der Waals surface area contributed by atoms with Crippen LogP contribution in [0.2, 0.25) is 0 Å². The van der Waals surface area contributed by atoms with Crippen LogP contribution in [0.1, 0.15) is 58.3 Å². The second-order valence-electron chi connectivity index (χ2n) is 5.19. The topological polar surface area (TPSA) is 57.5 Å². The van der Waals surface area contributed by atoms with Gasteiger partial charge in [-0.15, -0.1) is 0 Å². The van der Waals surface area contributed by atoms with Gasteiger partial charge < -0.3 is 10.2 Å². The lowest BCUT2D eigenvalue weighted by atomic mass is 10.2. The van der Waals surface area contributed by atoms with E-state index in [0.29, 0.717) is 18.6 Å². The Kier molecular flexibility index (Phi) is 14.9. The number of carbonyl (C=O) groups is 1. The number of hydrogen-bond donors (Lipinski definition) is 2. The Labute approximate surface area is 140 Å². The molecule has 128 valence electrons. The van der Waals surface area contributed by atoms with Gasteiger partial charge in [0.2, 0.25) is 0 Å². The van der Waals surface area contributed by atoms with Crippen molar-refractivity contribution >= 4 is 5.97 Å². The zero-order valence-corrected chi connectivity index (χ0v) is 14.2. The minimum atomic E-state index is -0.731. The van der Waals surface area contributed by atoms with Gasteiger partial charge in [0.1, 0.15) is 0 Å². The highest BCUT2D eigenvalue weighted by molar-refractivity contribution is 5.66. The van der Waals surface area contributed by atoms with Gasteiger partial charge in [-0.2, -0.15) is 0 Å². The minimum absolute atomic E-state index is 0.240. The molecule has 0 fully saturated rings. The molecular formula is C20H30O3. The van der Waals surface area contributed by atoms with Crippen molar-refractivity contribution in [2.24, 2.45) is 0 Å². The van der Waals surface area contributed by atoms with Crippen molar-refractivity contribution in [3.63, 3.8) is 0 Å². The highest BCUT2D eigenvalue weighted by Gasteiger charge is 1.92. The molecule has 0 spiro atoms. The molecule has 0 aromatic heterocycles. The summed E-state index contributed by atoms with van der Waals surface area (Å²) in [5, 5.41) is 18.1. The van der Waals surface area contributed by atoms with E-state index in [1.54, 1.807) is 0 Å². The van der Waals surface area contributed by atoms with Gasteiger partial charge in [0.05, 0.1) is 5.76 Å². The zero-order chi connectivity index (χ0) is 17.2. The monoisotopic (exact) mass is 318 g/mol. The third kappa shape index (κ3) is 17.9. The van der Waals surface area contributed by atoms with Crippen molar-refractivity contribution in [2.75, 3.05) is 0 Å². The van der Waals surface area contributed by atoms with Gasteiger partial charge in [-0.1, -0.05) is 55.5 Å². The first-order valence-electron chi connectivity index (χ1n) is 8.36. The van der Waals surface area contributed by atoms with Crippen LogP contribution in [-0.4, -0.2) is 16.2 Å². The number of hydrogen-bond acceptors (Lipinski definition) is 2. The van der Waals surface area contributed by atoms with Gasteiger partial charge in [0.15, 0.2) is 0 Å². The smallest absolute Gasteiger partial charge is 0.303 e. The summed E-state index contributed by atoms with van der Waals surface area (Å²) in [7, 11) is 0. The van der Waals surface area contributed by atoms with Gasteiger partial charge in [0.25, 0.3) is 0 Å². The largest absolute Gasteiger partial charge is 0.512 e. The lowest BCUT2D eigenvalue weighted by molar-refractivity contribution is -0.137. The maximum atomic E-state index is 10.3. The van der Waals surface area contributed by atoms with Crippen molar-refractivity contribution in [2.45, 2.75) is 58.3 Å². The highest BCUT2D eigenvalue weighted by atomic mass is 16.4. The molecule has 0 radical (unpaired) electrons. The van der Waals surface area contributed by atoms with Crippen LogP contribution < -0.4 is 0 Å². The molecule has 0 aliphatic heterocycles. The Morgan fingerprint density at radius 1 is 0.826 bits per heavy atom. The maximum Gasteiger partial charge on any atom is 0.303 e. The van der Waals surface area contributed by atoms with Crippen molar-refractivity contribution in [3.05, 3.63) is 60.4 Å². The van der Waals surface area contributed by atoms with Gasteiger partial charge in [0, 0.05) is 12.8 Å². The first-order valence-corrected chi connectivity index (χ1v) is 8.36. The summed E-state index contributed by atoms with van der Waals surface area (Å²) >= 11 is 0. The zero-order valence-electron chi connectivity index (χ0n) is 14.2. The Hall–Kier alpha value is -2.03. The molecule has 0 saturated heterocycles. The average Bonchev–Trinajstić information content (AvgIpc) is 2.51. The molecule has 0 aliphatic rings. The van der Waals surface area contributed by atoms with Crippen LogP contribution in [-0.2, 0) is 4.79 Å². The maximum absolute atomic E-state index is 10.3. The predicted molar refractivity (Wildman–Crippen MR) is 97.5 cm³/mol. The van der Waals surface area contributed by atoms with Gasteiger partial charge in [-0.05, 0) is 44.6 Å². The van der Waals surface area contributed by atoms with Crippen molar-refractivity contribution in [3.8, 4) is 0 Å². The molecule has 3 heteroatoms. The molecule has 0 saturated carbocycles. The number of carboxylic acid groups (broad SMARTS) is 1. The number of aliphatic carboxylic acids is 1. The molecule has 0 amide bonds. The second kappa shape index (κ2) is 16.3. The van der Waals surface area contributed by atoms with E-state index in [-0.39, 0.29) is 6.42 Å². The van der Waals surface area contributed by atoms with E-state index in [1.807, 2.05) is 30.4 Å². The Bertz CT molecular complexity index is 440. The van der Waals surface area contributed by atoms with E-state index in [1.165, 1.54) is 0 Å². The number of aliphatic hydroxyl groups excluding tert-OH is 1. The van der Waals surface area contributed by atoms with Gasteiger partial charge in [-0.3, -0.25) is 4.79 Å². The number of carboxylic acids is 1. The number of rotatable bonds is 13. The second-order valence-corrected chi connectivity index (χ2v) is 5.19. The molecule has 0 unspecified atom stereocenters.